The third-order valence-electron chi connectivity index (χ3n) is 5.98. The van der Waals surface area contributed by atoms with Crippen LogP contribution in [0.4, 0.5) is 5.69 Å². The molecule has 0 saturated heterocycles. The van der Waals surface area contributed by atoms with Gasteiger partial charge in [-0.2, -0.15) is 0 Å². The first-order valence-electron chi connectivity index (χ1n) is 11.2. The number of fused-ring (bicyclic) bond motifs is 3. The van der Waals surface area contributed by atoms with Gasteiger partial charge in [-0.1, -0.05) is 72.8 Å². The van der Waals surface area contributed by atoms with E-state index in [1.807, 2.05) is 73.7 Å². The minimum absolute atomic E-state index is 0.136. The van der Waals surface area contributed by atoms with E-state index in [0.717, 1.165) is 32.9 Å². The van der Waals surface area contributed by atoms with Gasteiger partial charge in [-0.25, -0.2) is 0 Å². The lowest BCUT2D eigenvalue weighted by Crippen LogP contribution is -2.28. The molecule has 2 amide bonds. The quantitative estimate of drug-likeness (QED) is 0.322. The zero-order chi connectivity index (χ0) is 23.5. The van der Waals surface area contributed by atoms with Gasteiger partial charge in [0.05, 0.1) is 30.0 Å². The highest BCUT2D eigenvalue weighted by Gasteiger charge is 2.18. The summed E-state index contributed by atoms with van der Waals surface area (Å²) >= 11 is 0. The summed E-state index contributed by atoms with van der Waals surface area (Å²) in [5.74, 6) is -0.459. The second kappa shape index (κ2) is 9.24. The number of carbonyl (C=O) groups is 2. The van der Waals surface area contributed by atoms with Gasteiger partial charge in [-0.3, -0.25) is 9.59 Å². The van der Waals surface area contributed by atoms with Crippen LogP contribution in [0, 0.1) is 0 Å². The lowest BCUT2D eigenvalue weighted by molar-refractivity contribution is -0.115. The Morgan fingerprint density at radius 3 is 2.44 bits per heavy atom. The molecule has 1 heterocycles. The summed E-state index contributed by atoms with van der Waals surface area (Å²) in [5.41, 5.74) is 3.46. The van der Waals surface area contributed by atoms with Gasteiger partial charge < -0.3 is 15.1 Å². The molecule has 5 heteroatoms. The molecule has 0 unspecified atom stereocenters. The Hall–Kier alpha value is -4.38. The van der Waals surface area contributed by atoms with Crippen LogP contribution in [0.15, 0.2) is 102 Å². The van der Waals surface area contributed by atoms with Crippen LogP contribution in [0.2, 0.25) is 0 Å². The largest absolute Gasteiger partial charge is 0.464 e. The Bertz CT molecular complexity index is 1490. The standard InChI is InChI=1S/C29H24N2O3/c1-19(20-9-3-2-4-10-20)30-29(33)24-13-7-8-14-25(24)31-27(32)17-22-18-34-26-16-15-21-11-5-6-12-23(21)28(22)26/h2-16,18-19H,17H2,1H3,(H,30,33)(H,31,32)/t19-/m0/s1. The van der Waals surface area contributed by atoms with Gasteiger partial charge in [-0.15, -0.1) is 0 Å². The average molecular weight is 449 g/mol. The van der Waals surface area contributed by atoms with Crippen molar-refractivity contribution in [2.75, 3.05) is 5.32 Å². The number of nitrogens with one attached hydrogen (secondary N) is 2. The van der Waals surface area contributed by atoms with E-state index < -0.39 is 0 Å². The summed E-state index contributed by atoms with van der Waals surface area (Å²) in [6.45, 7) is 1.93. The zero-order valence-electron chi connectivity index (χ0n) is 18.7. The molecular formula is C29H24N2O3. The molecule has 5 rings (SSSR count). The predicted octanol–water partition coefficient (Wildman–Crippen LogP) is 6.26. The lowest BCUT2D eigenvalue weighted by Gasteiger charge is -2.16. The second-order valence-electron chi connectivity index (χ2n) is 8.30. The maximum absolute atomic E-state index is 13.0. The number of hydrogen-bond acceptors (Lipinski definition) is 3. The van der Waals surface area contributed by atoms with Crippen molar-refractivity contribution in [1.29, 1.82) is 0 Å². The van der Waals surface area contributed by atoms with Crippen molar-refractivity contribution in [3.63, 3.8) is 0 Å². The molecule has 0 saturated carbocycles. The molecule has 4 aromatic carbocycles. The van der Waals surface area contributed by atoms with Crippen LogP contribution in [-0.2, 0) is 11.2 Å². The molecule has 5 aromatic rings. The van der Waals surface area contributed by atoms with Gasteiger partial charge in [0.25, 0.3) is 5.91 Å². The molecule has 0 fully saturated rings. The van der Waals surface area contributed by atoms with Crippen molar-refractivity contribution in [3.05, 3.63) is 114 Å². The van der Waals surface area contributed by atoms with Gasteiger partial charge in [0.1, 0.15) is 5.58 Å². The maximum Gasteiger partial charge on any atom is 0.253 e. The van der Waals surface area contributed by atoms with Gasteiger partial charge >= 0.3 is 0 Å². The normalized spacial score (nSPS) is 11.9. The molecule has 0 aliphatic carbocycles. The van der Waals surface area contributed by atoms with Gasteiger partial charge in [-0.05, 0) is 41.5 Å². The van der Waals surface area contributed by atoms with Crippen LogP contribution in [-0.4, -0.2) is 11.8 Å². The van der Waals surface area contributed by atoms with E-state index in [9.17, 15) is 9.59 Å². The third-order valence-corrected chi connectivity index (χ3v) is 5.98. The highest BCUT2D eigenvalue weighted by atomic mass is 16.3. The average Bonchev–Trinajstić information content (AvgIpc) is 3.28. The Balaban J connectivity index is 1.35. The van der Waals surface area contributed by atoms with Crippen molar-refractivity contribution in [1.82, 2.24) is 5.32 Å². The molecule has 1 aromatic heterocycles. The van der Waals surface area contributed by atoms with Gasteiger partial charge in [0.2, 0.25) is 5.91 Å². The SMILES string of the molecule is C[C@H](NC(=O)c1ccccc1NC(=O)Cc1coc2ccc3ccccc3c12)c1ccccc1. The Labute approximate surface area is 197 Å². The smallest absolute Gasteiger partial charge is 0.253 e. The molecule has 0 radical (unpaired) electrons. The number of furan rings is 1. The molecule has 0 spiro atoms. The van der Waals surface area contributed by atoms with E-state index in [1.54, 1.807) is 30.5 Å². The number of carbonyl (C=O) groups excluding carboxylic acids is 2. The van der Waals surface area contributed by atoms with E-state index in [2.05, 4.69) is 10.6 Å². The molecule has 2 N–H and O–H groups in total. The summed E-state index contributed by atoms with van der Waals surface area (Å²) < 4.78 is 5.71. The first-order valence-corrected chi connectivity index (χ1v) is 11.2. The molecule has 0 aliphatic heterocycles. The third kappa shape index (κ3) is 4.28. The lowest BCUT2D eigenvalue weighted by atomic mass is 10.0. The number of benzene rings is 4. The molecule has 0 aliphatic rings. The summed E-state index contributed by atoms with van der Waals surface area (Å²) in [5, 5.41) is 9.00. The minimum Gasteiger partial charge on any atom is -0.464 e. The Morgan fingerprint density at radius 2 is 1.59 bits per heavy atom. The molecule has 5 nitrogen and oxygen atoms in total. The highest BCUT2D eigenvalue weighted by molar-refractivity contribution is 6.09. The fraction of sp³-hybridized carbons (Fsp3) is 0.103. The predicted molar refractivity (Wildman–Crippen MR) is 135 cm³/mol. The zero-order valence-corrected chi connectivity index (χ0v) is 18.7. The highest BCUT2D eigenvalue weighted by Crippen LogP contribution is 2.30. The van der Waals surface area contributed by atoms with E-state index in [1.165, 1.54) is 0 Å². The van der Waals surface area contributed by atoms with E-state index in [0.29, 0.717) is 11.3 Å². The molecule has 34 heavy (non-hydrogen) atoms. The number of para-hydroxylation sites is 1. The van der Waals surface area contributed by atoms with Crippen LogP contribution in [0.1, 0.15) is 34.5 Å². The maximum atomic E-state index is 13.0. The number of anilines is 1. The van der Waals surface area contributed by atoms with Crippen molar-refractivity contribution >= 4 is 39.2 Å². The van der Waals surface area contributed by atoms with Crippen LogP contribution < -0.4 is 10.6 Å². The molecule has 168 valence electrons. The van der Waals surface area contributed by atoms with Gasteiger partial charge in [0.15, 0.2) is 0 Å². The summed E-state index contributed by atoms with van der Waals surface area (Å²) in [4.78, 5) is 26.0. The van der Waals surface area contributed by atoms with Crippen molar-refractivity contribution in [2.45, 2.75) is 19.4 Å². The number of amides is 2. The molecular weight excluding hydrogens is 424 g/mol. The van der Waals surface area contributed by atoms with Crippen molar-refractivity contribution < 1.29 is 14.0 Å². The summed E-state index contributed by atoms with van der Waals surface area (Å²) in [6, 6.07) is 28.6. The summed E-state index contributed by atoms with van der Waals surface area (Å²) in [7, 11) is 0. The van der Waals surface area contributed by atoms with Crippen LogP contribution in [0.5, 0.6) is 0 Å². The molecule has 0 bridgehead atoms. The minimum atomic E-state index is -0.244. The van der Waals surface area contributed by atoms with E-state index in [-0.39, 0.29) is 24.3 Å². The first kappa shape index (κ1) is 21.5. The van der Waals surface area contributed by atoms with Crippen molar-refractivity contribution in [2.24, 2.45) is 0 Å². The summed E-state index contributed by atoms with van der Waals surface area (Å²) in [6.07, 6.45) is 1.77. The first-order chi connectivity index (χ1) is 16.6. The topological polar surface area (TPSA) is 71.3 Å². The van der Waals surface area contributed by atoms with Crippen LogP contribution >= 0.6 is 0 Å². The number of hydrogen-bond donors (Lipinski definition) is 2. The van der Waals surface area contributed by atoms with E-state index in [4.69, 9.17) is 4.42 Å². The Kier molecular flexibility index (Phi) is 5.83. The number of rotatable bonds is 6. The van der Waals surface area contributed by atoms with Crippen LogP contribution in [0.25, 0.3) is 21.7 Å². The fourth-order valence-electron chi connectivity index (χ4n) is 4.26. The van der Waals surface area contributed by atoms with E-state index >= 15 is 0 Å². The Morgan fingerprint density at radius 1 is 0.853 bits per heavy atom. The second-order valence-corrected chi connectivity index (χ2v) is 8.30. The van der Waals surface area contributed by atoms with Crippen LogP contribution in [0.3, 0.4) is 0 Å². The van der Waals surface area contributed by atoms with Crippen molar-refractivity contribution in [3.8, 4) is 0 Å². The molecule has 1 atom stereocenters. The monoisotopic (exact) mass is 448 g/mol. The fourth-order valence-corrected chi connectivity index (χ4v) is 4.26. The van der Waals surface area contributed by atoms with Gasteiger partial charge in [0, 0.05) is 10.9 Å².